The van der Waals surface area contributed by atoms with Crippen LogP contribution in [0.4, 0.5) is 9.59 Å². The SMILES string of the molecule is CC(C)(C)OC(=O)NCCCCCN1CC[C@H](NC(=O)OCc2ccccc2)C1. The van der Waals surface area contributed by atoms with E-state index in [9.17, 15) is 9.59 Å². The van der Waals surface area contributed by atoms with Crippen molar-refractivity contribution in [3.63, 3.8) is 0 Å². The van der Waals surface area contributed by atoms with Crippen molar-refractivity contribution in [1.29, 1.82) is 0 Å². The van der Waals surface area contributed by atoms with E-state index in [0.29, 0.717) is 13.2 Å². The molecule has 7 nitrogen and oxygen atoms in total. The summed E-state index contributed by atoms with van der Waals surface area (Å²) in [5.41, 5.74) is 0.523. The molecule has 0 unspecified atom stereocenters. The summed E-state index contributed by atoms with van der Waals surface area (Å²) in [5.74, 6) is 0. The topological polar surface area (TPSA) is 79.9 Å². The van der Waals surface area contributed by atoms with Gasteiger partial charge in [0, 0.05) is 25.7 Å². The van der Waals surface area contributed by atoms with Gasteiger partial charge in [-0.1, -0.05) is 36.8 Å². The number of amides is 2. The van der Waals surface area contributed by atoms with Crippen LogP contribution in [0.1, 0.15) is 52.0 Å². The van der Waals surface area contributed by atoms with Gasteiger partial charge in [-0.25, -0.2) is 9.59 Å². The lowest BCUT2D eigenvalue weighted by atomic mass is 10.2. The Morgan fingerprint density at radius 2 is 1.86 bits per heavy atom. The summed E-state index contributed by atoms with van der Waals surface area (Å²) in [4.78, 5) is 25.9. The third-order valence-corrected chi connectivity index (χ3v) is 4.63. The van der Waals surface area contributed by atoms with Crippen LogP contribution in [0.3, 0.4) is 0 Å². The van der Waals surface area contributed by atoms with Gasteiger partial charge in [-0.05, 0) is 52.1 Å². The Morgan fingerprint density at radius 3 is 2.59 bits per heavy atom. The zero-order valence-corrected chi connectivity index (χ0v) is 17.9. The Labute approximate surface area is 174 Å². The highest BCUT2D eigenvalue weighted by Gasteiger charge is 2.23. The number of rotatable bonds is 9. The van der Waals surface area contributed by atoms with Crippen LogP contribution in [0.5, 0.6) is 0 Å². The fourth-order valence-electron chi connectivity index (χ4n) is 3.23. The van der Waals surface area contributed by atoms with E-state index in [-0.39, 0.29) is 18.2 Å². The lowest BCUT2D eigenvalue weighted by Crippen LogP contribution is -2.37. The molecule has 162 valence electrons. The second-order valence-corrected chi connectivity index (χ2v) is 8.48. The summed E-state index contributed by atoms with van der Waals surface area (Å²) < 4.78 is 10.5. The molecule has 7 heteroatoms. The van der Waals surface area contributed by atoms with Crippen molar-refractivity contribution in [2.45, 2.75) is 64.7 Å². The molecule has 1 aromatic rings. The first-order valence-electron chi connectivity index (χ1n) is 10.5. The normalized spacial score (nSPS) is 17.0. The number of benzene rings is 1. The van der Waals surface area contributed by atoms with Crippen LogP contribution < -0.4 is 10.6 Å². The summed E-state index contributed by atoms with van der Waals surface area (Å²) in [6, 6.07) is 9.82. The number of nitrogens with zero attached hydrogens (tertiary/aromatic N) is 1. The van der Waals surface area contributed by atoms with Crippen LogP contribution in [0.2, 0.25) is 0 Å². The molecule has 1 aromatic carbocycles. The summed E-state index contributed by atoms with van der Waals surface area (Å²) in [7, 11) is 0. The largest absolute Gasteiger partial charge is 0.445 e. The van der Waals surface area contributed by atoms with E-state index in [1.807, 2.05) is 51.1 Å². The van der Waals surface area contributed by atoms with E-state index in [2.05, 4.69) is 15.5 Å². The second kappa shape index (κ2) is 11.7. The minimum Gasteiger partial charge on any atom is -0.445 e. The number of carbonyl (C=O) groups is 2. The molecule has 1 fully saturated rings. The quantitative estimate of drug-likeness (QED) is 0.613. The number of likely N-dealkylation sites (tertiary alicyclic amines) is 1. The number of unbranched alkanes of at least 4 members (excludes halogenated alkanes) is 2. The average Bonchev–Trinajstić information content (AvgIpc) is 3.09. The minimum atomic E-state index is -0.460. The maximum absolute atomic E-state index is 12.0. The molecule has 1 aliphatic rings. The molecule has 0 bridgehead atoms. The average molecular weight is 406 g/mol. The molecular formula is C22H35N3O4. The zero-order valence-electron chi connectivity index (χ0n) is 17.9. The molecule has 2 rings (SSSR count). The Hall–Kier alpha value is -2.28. The predicted molar refractivity (Wildman–Crippen MR) is 113 cm³/mol. The molecule has 1 saturated heterocycles. The number of hydrogen-bond donors (Lipinski definition) is 2. The van der Waals surface area contributed by atoms with Gasteiger partial charge in [0.25, 0.3) is 0 Å². The molecular weight excluding hydrogens is 370 g/mol. The minimum absolute atomic E-state index is 0.145. The van der Waals surface area contributed by atoms with Crippen molar-refractivity contribution in [2.75, 3.05) is 26.2 Å². The van der Waals surface area contributed by atoms with Crippen LogP contribution in [-0.4, -0.2) is 54.9 Å². The molecule has 0 aliphatic carbocycles. The van der Waals surface area contributed by atoms with Gasteiger partial charge in [0.2, 0.25) is 0 Å². The van der Waals surface area contributed by atoms with Crippen LogP contribution >= 0.6 is 0 Å². The second-order valence-electron chi connectivity index (χ2n) is 8.48. The molecule has 0 aromatic heterocycles. The van der Waals surface area contributed by atoms with Crippen molar-refractivity contribution >= 4 is 12.2 Å². The van der Waals surface area contributed by atoms with Crippen molar-refractivity contribution in [3.8, 4) is 0 Å². The molecule has 0 saturated carbocycles. The fraction of sp³-hybridized carbons (Fsp3) is 0.636. The summed E-state index contributed by atoms with van der Waals surface area (Å²) in [5, 5.41) is 5.74. The Morgan fingerprint density at radius 1 is 1.10 bits per heavy atom. The monoisotopic (exact) mass is 405 g/mol. The molecule has 1 atom stereocenters. The van der Waals surface area contributed by atoms with Gasteiger partial charge in [0.1, 0.15) is 12.2 Å². The first kappa shape index (κ1) is 23.0. The first-order chi connectivity index (χ1) is 13.8. The molecule has 2 amide bonds. The zero-order chi connectivity index (χ0) is 21.1. The first-order valence-corrected chi connectivity index (χ1v) is 10.5. The highest BCUT2D eigenvalue weighted by molar-refractivity contribution is 5.68. The number of carbonyl (C=O) groups excluding carboxylic acids is 2. The highest BCUT2D eigenvalue weighted by atomic mass is 16.6. The van der Waals surface area contributed by atoms with Gasteiger partial charge in [-0.2, -0.15) is 0 Å². The van der Waals surface area contributed by atoms with E-state index >= 15 is 0 Å². The van der Waals surface area contributed by atoms with E-state index in [1.54, 1.807) is 0 Å². The van der Waals surface area contributed by atoms with E-state index in [0.717, 1.165) is 50.9 Å². The van der Waals surface area contributed by atoms with Crippen molar-refractivity contribution < 1.29 is 19.1 Å². The van der Waals surface area contributed by atoms with E-state index in [1.165, 1.54) is 0 Å². The molecule has 2 N–H and O–H groups in total. The van der Waals surface area contributed by atoms with Crippen LogP contribution in [0.15, 0.2) is 30.3 Å². The van der Waals surface area contributed by atoms with Crippen molar-refractivity contribution in [1.82, 2.24) is 15.5 Å². The van der Waals surface area contributed by atoms with Crippen molar-refractivity contribution in [2.24, 2.45) is 0 Å². The molecule has 0 spiro atoms. The van der Waals surface area contributed by atoms with E-state index < -0.39 is 5.60 Å². The molecule has 1 aliphatic heterocycles. The third kappa shape index (κ3) is 10.2. The van der Waals surface area contributed by atoms with Gasteiger partial charge in [-0.15, -0.1) is 0 Å². The van der Waals surface area contributed by atoms with Gasteiger partial charge in [0.15, 0.2) is 0 Å². The summed E-state index contributed by atoms with van der Waals surface area (Å²) in [6.45, 7) is 9.34. The van der Waals surface area contributed by atoms with Gasteiger partial charge < -0.3 is 25.0 Å². The standard InChI is InChI=1S/C22H35N3O4/c1-22(2,3)29-20(26)23-13-8-5-9-14-25-15-12-19(16-25)24-21(27)28-17-18-10-6-4-7-11-18/h4,6-7,10-11,19H,5,8-9,12-17H2,1-3H3,(H,23,26)(H,24,27)/t19-/m0/s1. The third-order valence-electron chi connectivity index (χ3n) is 4.63. The molecule has 1 heterocycles. The van der Waals surface area contributed by atoms with Gasteiger partial charge in [-0.3, -0.25) is 0 Å². The summed E-state index contributed by atoms with van der Waals surface area (Å²) in [6.07, 6.45) is 3.28. The lowest BCUT2D eigenvalue weighted by Gasteiger charge is -2.19. The van der Waals surface area contributed by atoms with Crippen LogP contribution in [0.25, 0.3) is 0 Å². The number of nitrogens with one attached hydrogen (secondary N) is 2. The maximum Gasteiger partial charge on any atom is 0.407 e. The van der Waals surface area contributed by atoms with Crippen molar-refractivity contribution in [3.05, 3.63) is 35.9 Å². The molecule has 29 heavy (non-hydrogen) atoms. The van der Waals surface area contributed by atoms with Crippen LogP contribution in [0, 0.1) is 0 Å². The maximum atomic E-state index is 12.0. The Kier molecular flexibility index (Phi) is 9.25. The molecule has 0 radical (unpaired) electrons. The van der Waals surface area contributed by atoms with Crippen LogP contribution in [-0.2, 0) is 16.1 Å². The lowest BCUT2D eigenvalue weighted by molar-refractivity contribution is 0.0526. The fourth-order valence-corrected chi connectivity index (χ4v) is 3.23. The highest BCUT2D eigenvalue weighted by Crippen LogP contribution is 2.11. The summed E-state index contributed by atoms with van der Waals surface area (Å²) >= 11 is 0. The van der Waals surface area contributed by atoms with E-state index in [4.69, 9.17) is 9.47 Å². The predicted octanol–water partition coefficient (Wildman–Crippen LogP) is 3.68. The van der Waals surface area contributed by atoms with Gasteiger partial charge >= 0.3 is 12.2 Å². The Balaban J connectivity index is 1.49. The number of hydrogen-bond acceptors (Lipinski definition) is 5. The smallest absolute Gasteiger partial charge is 0.407 e. The Bertz CT molecular complexity index is 631. The number of ether oxygens (including phenoxy) is 2. The number of alkyl carbamates (subject to hydrolysis) is 2. The van der Waals surface area contributed by atoms with Gasteiger partial charge in [0.05, 0.1) is 0 Å².